The van der Waals surface area contributed by atoms with Crippen LogP contribution in [0.25, 0.3) is 0 Å². The van der Waals surface area contributed by atoms with Crippen molar-refractivity contribution in [2.24, 2.45) is 5.92 Å². The molecule has 0 bridgehead atoms. The number of rotatable bonds is 7. The molecule has 6 nitrogen and oxygen atoms in total. The molecular formula is C15H22N2O4. The van der Waals surface area contributed by atoms with E-state index in [1.54, 1.807) is 14.0 Å². The van der Waals surface area contributed by atoms with Crippen LogP contribution in [0.4, 0.5) is 4.79 Å². The molecule has 0 saturated heterocycles. The van der Waals surface area contributed by atoms with Crippen molar-refractivity contribution in [1.29, 1.82) is 0 Å². The number of benzene rings is 1. The summed E-state index contributed by atoms with van der Waals surface area (Å²) >= 11 is 0. The maximum atomic E-state index is 11.8. The van der Waals surface area contributed by atoms with Crippen LogP contribution in [0, 0.1) is 5.92 Å². The van der Waals surface area contributed by atoms with Gasteiger partial charge in [-0.25, -0.2) is 9.59 Å². The van der Waals surface area contributed by atoms with Crippen LogP contribution in [-0.4, -0.2) is 30.3 Å². The molecule has 0 aliphatic rings. The number of carboxylic acid groups (broad SMARTS) is 1. The summed E-state index contributed by atoms with van der Waals surface area (Å²) in [4.78, 5) is 22.9. The highest BCUT2D eigenvalue weighted by Crippen LogP contribution is 2.12. The fraction of sp³-hybridized carbons (Fsp3) is 0.467. The second-order valence-corrected chi connectivity index (χ2v) is 4.88. The molecule has 0 radical (unpaired) electrons. The Hall–Kier alpha value is -2.24. The van der Waals surface area contributed by atoms with E-state index in [2.05, 4.69) is 10.6 Å². The van der Waals surface area contributed by atoms with Gasteiger partial charge in [0.1, 0.15) is 11.8 Å². The van der Waals surface area contributed by atoms with E-state index in [0.29, 0.717) is 18.7 Å². The first-order valence-corrected chi connectivity index (χ1v) is 6.88. The molecule has 6 heteroatoms. The maximum absolute atomic E-state index is 11.8. The quantitative estimate of drug-likeness (QED) is 0.717. The van der Waals surface area contributed by atoms with Crippen molar-refractivity contribution in [2.45, 2.75) is 32.9 Å². The summed E-state index contributed by atoms with van der Waals surface area (Å²) in [7, 11) is 1.57. The first kappa shape index (κ1) is 16.8. The third-order valence-electron chi connectivity index (χ3n) is 3.35. The Morgan fingerprint density at radius 3 is 2.67 bits per heavy atom. The lowest BCUT2D eigenvalue weighted by Gasteiger charge is -2.20. The molecular weight excluding hydrogens is 272 g/mol. The van der Waals surface area contributed by atoms with Crippen molar-refractivity contribution < 1.29 is 19.4 Å². The Bertz CT molecular complexity index is 490. The minimum Gasteiger partial charge on any atom is -0.497 e. The lowest BCUT2D eigenvalue weighted by atomic mass is 9.99. The third-order valence-corrected chi connectivity index (χ3v) is 3.35. The number of hydrogen-bond acceptors (Lipinski definition) is 3. The first-order chi connectivity index (χ1) is 9.97. The topological polar surface area (TPSA) is 87.7 Å². The zero-order valence-corrected chi connectivity index (χ0v) is 12.6. The van der Waals surface area contributed by atoms with E-state index in [0.717, 1.165) is 5.56 Å². The monoisotopic (exact) mass is 294 g/mol. The van der Waals surface area contributed by atoms with Crippen molar-refractivity contribution in [3.8, 4) is 5.75 Å². The molecule has 0 aliphatic carbocycles. The summed E-state index contributed by atoms with van der Waals surface area (Å²) in [6, 6.07) is 5.92. The molecule has 0 aliphatic heterocycles. The van der Waals surface area contributed by atoms with Crippen LogP contribution < -0.4 is 15.4 Å². The van der Waals surface area contributed by atoms with Gasteiger partial charge in [0.05, 0.1) is 7.11 Å². The van der Waals surface area contributed by atoms with Gasteiger partial charge in [0.2, 0.25) is 0 Å². The standard InChI is InChI=1S/C15H22N2O4/c1-4-10(2)13(14(18)19)17-15(20)16-9-11-6-5-7-12(8-11)21-3/h5-8,10,13H,4,9H2,1-3H3,(H,18,19)(H2,16,17,20)/t10-,13+/m1/s1. The van der Waals surface area contributed by atoms with Crippen LogP contribution in [-0.2, 0) is 11.3 Å². The molecule has 0 heterocycles. The van der Waals surface area contributed by atoms with Gasteiger partial charge in [0.25, 0.3) is 0 Å². The lowest BCUT2D eigenvalue weighted by molar-refractivity contribution is -0.140. The van der Waals surface area contributed by atoms with E-state index < -0.39 is 18.0 Å². The van der Waals surface area contributed by atoms with Crippen LogP contribution in [0.2, 0.25) is 0 Å². The van der Waals surface area contributed by atoms with Crippen LogP contribution in [0.15, 0.2) is 24.3 Å². The number of aliphatic carboxylic acids is 1. The van der Waals surface area contributed by atoms with E-state index in [1.807, 2.05) is 31.2 Å². The average molecular weight is 294 g/mol. The number of ether oxygens (including phenoxy) is 1. The van der Waals surface area contributed by atoms with Crippen LogP contribution >= 0.6 is 0 Å². The summed E-state index contributed by atoms with van der Waals surface area (Å²) in [6.07, 6.45) is 0.674. The highest BCUT2D eigenvalue weighted by molar-refractivity contribution is 5.82. The Morgan fingerprint density at radius 2 is 2.10 bits per heavy atom. The molecule has 21 heavy (non-hydrogen) atoms. The molecule has 116 valence electrons. The molecule has 1 aromatic carbocycles. The number of hydrogen-bond donors (Lipinski definition) is 3. The Labute approximate surface area is 124 Å². The number of methoxy groups -OCH3 is 1. The molecule has 0 spiro atoms. The van der Waals surface area contributed by atoms with Crippen LogP contribution in [0.3, 0.4) is 0 Å². The average Bonchev–Trinajstić information content (AvgIpc) is 2.49. The highest BCUT2D eigenvalue weighted by Gasteiger charge is 2.25. The van der Waals surface area contributed by atoms with Crippen molar-refractivity contribution in [3.63, 3.8) is 0 Å². The van der Waals surface area contributed by atoms with Gasteiger partial charge in [-0.1, -0.05) is 32.4 Å². The molecule has 2 atom stereocenters. The second kappa shape index (κ2) is 8.14. The van der Waals surface area contributed by atoms with E-state index in [-0.39, 0.29) is 5.92 Å². The summed E-state index contributed by atoms with van der Waals surface area (Å²) < 4.78 is 5.10. The summed E-state index contributed by atoms with van der Waals surface area (Å²) in [6.45, 7) is 3.98. The molecule has 0 unspecified atom stereocenters. The Morgan fingerprint density at radius 1 is 1.38 bits per heavy atom. The van der Waals surface area contributed by atoms with Gasteiger partial charge in [0.15, 0.2) is 0 Å². The van der Waals surface area contributed by atoms with Gasteiger partial charge in [-0.05, 0) is 23.6 Å². The fourth-order valence-corrected chi connectivity index (χ4v) is 1.84. The smallest absolute Gasteiger partial charge is 0.326 e. The van der Waals surface area contributed by atoms with Crippen molar-refractivity contribution in [3.05, 3.63) is 29.8 Å². The molecule has 0 saturated carbocycles. The van der Waals surface area contributed by atoms with Gasteiger partial charge in [0, 0.05) is 6.54 Å². The van der Waals surface area contributed by atoms with Crippen molar-refractivity contribution in [1.82, 2.24) is 10.6 Å². The Balaban J connectivity index is 2.54. The predicted octanol–water partition coefficient (Wildman–Crippen LogP) is 1.99. The summed E-state index contributed by atoms with van der Waals surface area (Å²) in [5, 5.41) is 14.2. The predicted molar refractivity (Wildman–Crippen MR) is 79.2 cm³/mol. The van der Waals surface area contributed by atoms with Gasteiger partial charge < -0.3 is 20.5 Å². The first-order valence-electron chi connectivity index (χ1n) is 6.88. The van der Waals surface area contributed by atoms with E-state index in [1.165, 1.54) is 0 Å². The van der Waals surface area contributed by atoms with Crippen LogP contribution in [0.5, 0.6) is 5.75 Å². The number of carboxylic acids is 1. The molecule has 2 amide bonds. The minimum atomic E-state index is -1.03. The van der Waals surface area contributed by atoms with Gasteiger partial charge in [-0.15, -0.1) is 0 Å². The zero-order valence-electron chi connectivity index (χ0n) is 12.6. The van der Waals surface area contributed by atoms with E-state index >= 15 is 0 Å². The summed E-state index contributed by atoms with van der Waals surface area (Å²) in [5.74, 6) is -0.455. The fourth-order valence-electron chi connectivity index (χ4n) is 1.84. The number of nitrogens with one attached hydrogen (secondary N) is 2. The lowest BCUT2D eigenvalue weighted by Crippen LogP contribution is -2.48. The maximum Gasteiger partial charge on any atom is 0.326 e. The van der Waals surface area contributed by atoms with Crippen molar-refractivity contribution in [2.75, 3.05) is 7.11 Å². The van der Waals surface area contributed by atoms with Crippen LogP contribution in [0.1, 0.15) is 25.8 Å². The normalized spacial score (nSPS) is 13.1. The van der Waals surface area contributed by atoms with E-state index in [4.69, 9.17) is 9.84 Å². The molecule has 0 fully saturated rings. The zero-order chi connectivity index (χ0) is 15.8. The number of urea groups is 1. The number of carbonyl (C=O) groups is 2. The SMILES string of the molecule is CC[C@@H](C)[C@H](NC(=O)NCc1cccc(OC)c1)C(=O)O. The van der Waals surface area contributed by atoms with Gasteiger partial charge in [-0.3, -0.25) is 0 Å². The number of amides is 2. The molecule has 0 aromatic heterocycles. The van der Waals surface area contributed by atoms with Gasteiger partial charge >= 0.3 is 12.0 Å². The second-order valence-electron chi connectivity index (χ2n) is 4.88. The molecule has 1 rings (SSSR count). The largest absolute Gasteiger partial charge is 0.497 e. The van der Waals surface area contributed by atoms with Crippen molar-refractivity contribution >= 4 is 12.0 Å². The van der Waals surface area contributed by atoms with E-state index in [9.17, 15) is 9.59 Å². The summed E-state index contributed by atoms with van der Waals surface area (Å²) in [5.41, 5.74) is 0.875. The van der Waals surface area contributed by atoms with Gasteiger partial charge in [-0.2, -0.15) is 0 Å². The third kappa shape index (κ3) is 5.33. The number of carbonyl (C=O) groups excluding carboxylic acids is 1. The molecule has 3 N–H and O–H groups in total. The highest BCUT2D eigenvalue weighted by atomic mass is 16.5. The molecule has 1 aromatic rings. The minimum absolute atomic E-state index is 0.134. The Kier molecular flexibility index (Phi) is 6.52.